The summed E-state index contributed by atoms with van der Waals surface area (Å²) in [5.74, 6) is -2.82. The summed E-state index contributed by atoms with van der Waals surface area (Å²) in [6.07, 6.45) is 1.49. The number of pyridine rings is 1. The largest absolute Gasteiger partial charge is 0.497 e. The maximum atomic E-state index is 14.3. The highest BCUT2D eigenvalue weighted by molar-refractivity contribution is 5.94. The second kappa shape index (κ2) is 7.34. The third kappa shape index (κ3) is 3.56. The smallest absolute Gasteiger partial charge is 0.321 e. The lowest BCUT2D eigenvalue weighted by Crippen LogP contribution is -2.45. The van der Waals surface area contributed by atoms with E-state index < -0.39 is 35.5 Å². The number of hydrogen-bond donors (Lipinski definition) is 3. The third-order valence-corrected chi connectivity index (χ3v) is 4.03. The highest BCUT2D eigenvalue weighted by Crippen LogP contribution is 2.31. The van der Waals surface area contributed by atoms with E-state index in [1.807, 2.05) is 0 Å². The fourth-order valence-corrected chi connectivity index (χ4v) is 2.82. The molecule has 2 atom stereocenters. The molecule has 1 aromatic heterocycles. The number of urea groups is 1. The summed E-state index contributed by atoms with van der Waals surface area (Å²) in [6, 6.07) is 5.16. The van der Waals surface area contributed by atoms with Gasteiger partial charge in [-0.15, -0.1) is 0 Å². The first kappa shape index (κ1) is 17.6. The van der Waals surface area contributed by atoms with Crippen molar-refractivity contribution in [2.24, 2.45) is 0 Å². The number of halogens is 2. The molecular weight excluding hydrogens is 346 g/mol. The fourth-order valence-electron chi connectivity index (χ4n) is 2.82. The van der Waals surface area contributed by atoms with Crippen molar-refractivity contribution < 1.29 is 23.1 Å². The lowest BCUT2D eigenvalue weighted by atomic mass is 9.93. The predicted octanol–water partition coefficient (Wildman–Crippen LogP) is 1.77. The molecule has 0 aliphatic carbocycles. The summed E-state index contributed by atoms with van der Waals surface area (Å²) in [5.41, 5.74) is -0.285. The van der Waals surface area contributed by atoms with E-state index in [4.69, 9.17) is 4.74 Å². The summed E-state index contributed by atoms with van der Waals surface area (Å²) in [4.78, 5) is 28.1. The first-order chi connectivity index (χ1) is 12.5. The van der Waals surface area contributed by atoms with Gasteiger partial charge in [-0.3, -0.25) is 10.1 Å². The van der Waals surface area contributed by atoms with Gasteiger partial charge in [-0.1, -0.05) is 6.07 Å². The van der Waals surface area contributed by atoms with Gasteiger partial charge in [0.25, 0.3) is 0 Å². The quantitative estimate of drug-likeness (QED) is 0.773. The van der Waals surface area contributed by atoms with E-state index >= 15 is 0 Å². The van der Waals surface area contributed by atoms with Gasteiger partial charge >= 0.3 is 6.03 Å². The van der Waals surface area contributed by atoms with Gasteiger partial charge < -0.3 is 15.4 Å². The molecule has 1 aliphatic heterocycles. The molecule has 2 heterocycles. The molecule has 0 saturated carbocycles. The lowest BCUT2D eigenvalue weighted by molar-refractivity contribution is -0.120. The minimum absolute atomic E-state index is 0.00641. The number of carbonyl (C=O) groups is 2. The van der Waals surface area contributed by atoms with Crippen LogP contribution in [0.15, 0.2) is 36.5 Å². The van der Waals surface area contributed by atoms with Gasteiger partial charge in [0.1, 0.15) is 29.2 Å². The van der Waals surface area contributed by atoms with E-state index in [9.17, 15) is 18.4 Å². The van der Waals surface area contributed by atoms with Crippen LogP contribution in [-0.4, -0.2) is 36.6 Å². The van der Waals surface area contributed by atoms with E-state index in [-0.39, 0.29) is 23.7 Å². The van der Waals surface area contributed by atoms with Crippen LogP contribution >= 0.6 is 0 Å². The average Bonchev–Trinajstić information content (AvgIpc) is 2.95. The molecule has 1 saturated heterocycles. The second-order valence-corrected chi connectivity index (χ2v) is 5.65. The zero-order valence-electron chi connectivity index (χ0n) is 13.8. The van der Waals surface area contributed by atoms with Crippen LogP contribution < -0.4 is 20.7 Å². The minimum atomic E-state index is -1.13. The van der Waals surface area contributed by atoms with E-state index in [0.29, 0.717) is 0 Å². The highest BCUT2D eigenvalue weighted by atomic mass is 19.1. The molecule has 0 spiro atoms. The number of benzene rings is 1. The predicted molar refractivity (Wildman–Crippen MR) is 88.8 cm³/mol. The van der Waals surface area contributed by atoms with Crippen molar-refractivity contribution in [2.45, 2.75) is 12.0 Å². The molecule has 2 aromatic rings. The second-order valence-electron chi connectivity index (χ2n) is 5.65. The average molecular weight is 362 g/mol. The molecule has 9 heteroatoms. The number of aromatic nitrogens is 1. The summed E-state index contributed by atoms with van der Waals surface area (Å²) in [7, 11) is 1.29. The molecule has 136 valence electrons. The number of methoxy groups -OCH3 is 1. The fraction of sp³-hybridized carbons (Fsp3) is 0.235. The molecule has 1 aromatic carbocycles. The number of nitrogens with one attached hydrogen (secondary N) is 3. The molecule has 0 bridgehead atoms. The molecule has 1 aliphatic rings. The van der Waals surface area contributed by atoms with Crippen molar-refractivity contribution in [3.05, 3.63) is 53.7 Å². The Morgan fingerprint density at radius 3 is 2.65 bits per heavy atom. The SMILES string of the molecule is COc1cc(F)c(C2CNC(=O)C2NC(=O)Nc2ccccn2)c(F)c1. The topological polar surface area (TPSA) is 92.4 Å². The van der Waals surface area contributed by atoms with Gasteiger partial charge in [-0.2, -0.15) is 0 Å². The van der Waals surface area contributed by atoms with Gasteiger partial charge in [-0.25, -0.2) is 18.6 Å². The van der Waals surface area contributed by atoms with Crippen LogP contribution in [0, 0.1) is 11.6 Å². The van der Waals surface area contributed by atoms with Crippen molar-refractivity contribution in [1.29, 1.82) is 0 Å². The minimum Gasteiger partial charge on any atom is -0.497 e. The summed E-state index contributed by atoms with van der Waals surface area (Å²) in [6.45, 7) is -0.00641. The standard InChI is InChI=1S/C17H16F2N4O3/c1-26-9-6-11(18)14(12(19)7-9)10-8-21-16(24)15(10)23-17(25)22-13-4-2-3-5-20-13/h2-7,10,15H,8H2,1H3,(H,21,24)(H2,20,22,23,25). The van der Waals surface area contributed by atoms with Gasteiger partial charge in [-0.05, 0) is 12.1 Å². The number of carbonyl (C=O) groups excluding carboxylic acids is 2. The molecule has 3 amide bonds. The molecule has 26 heavy (non-hydrogen) atoms. The Morgan fingerprint density at radius 1 is 1.31 bits per heavy atom. The molecule has 7 nitrogen and oxygen atoms in total. The monoisotopic (exact) mass is 362 g/mol. The number of nitrogens with zero attached hydrogens (tertiary/aromatic N) is 1. The number of anilines is 1. The van der Waals surface area contributed by atoms with Crippen molar-refractivity contribution in [3.63, 3.8) is 0 Å². The molecule has 0 radical (unpaired) electrons. The number of ether oxygens (including phenoxy) is 1. The summed E-state index contributed by atoms with van der Waals surface area (Å²) >= 11 is 0. The lowest BCUT2D eigenvalue weighted by Gasteiger charge is -2.20. The van der Waals surface area contributed by atoms with Gasteiger partial charge in [0, 0.05) is 36.4 Å². The van der Waals surface area contributed by atoms with Gasteiger partial charge in [0.2, 0.25) is 5.91 Å². The maximum absolute atomic E-state index is 14.3. The Morgan fingerprint density at radius 2 is 2.04 bits per heavy atom. The van der Waals surface area contributed by atoms with Crippen LogP contribution in [0.4, 0.5) is 19.4 Å². The van der Waals surface area contributed by atoms with Crippen LogP contribution in [0.3, 0.4) is 0 Å². The molecule has 1 fully saturated rings. The summed E-state index contributed by atoms with van der Waals surface area (Å²) < 4.78 is 33.5. The van der Waals surface area contributed by atoms with E-state index in [2.05, 4.69) is 20.9 Å². The Balaban J connectivity index is 1.80. The molecule has 3 N–H and O–H groups in total. The van der Waals surface area contributed by atoms with Gasteiger partial charge in [0.15, 0.2) is 0 Å². The number of hydrogen-bond acceptors (Lipinski definition) is 4. The normalized spacial score (nSPS) is 19.0. The Bertz CT molecular complexity index is 809. The highest BCUT2D eigenvalue weighted by Gasteiger charge is 2.40. The van der Waals surface area contributed by atoms with Crippen LogP contribution in [0.2, 0.25) is 0 Å². The van der Waals surface area contributed by atoms with Crippen LogP contribution in [0.5, 0.6) is 5.75 Å². The van der Waals surface area contributed by atoms with E-state index in [1.54, 1.807) is 18.2 Å². The zero-order valence-corrected chi connectivity index (χ0v) is 13.8. The van der Waals surface area contributed by atoms with Crippen LogP contribution in [0.1, 0.15) is 11.5 Å². The maximum Gasteiger partial charge on any atom is 0.321 e. The van der Waals surface area contributed by atoms with Crippen LogP contribution in [-0.2, 0) is 4.79 Å². The van der Waals surface area contributed by atoms with E-state index in [1.165, 1.54) is 13.3 Å². The summed E-state index contributed by atoms with van der Waals surface area (Å²) in [5, 5.41) is 7.41. The molecular formula is C17H16F2N4O3. The molecule has 3 rings (SSSR count). The van der Waals surface area contributed by atoms with Crippen molar-refractivity contribution in [2.75, 3.05) is 19.0 Å². The third-order valence-electron chi connectivity index (χ3n) is 4.03. The first-order valence-corrected chi connectivity index (χ1v) is 7.78. The van der Waals surface area contributed by atoms with Crippen molar-refractivity contribution in [3.8, 4) is 5.75 Å². The Labute approximate surface area is 147 Å². The van der Waals surface area contributed by atoms with Crippen molar-refractivity contribution in [1.82, 2.24) is 15.6 Å². The van der Waals surface area contributed by atoms with Crippen molar-refractivity contribution >= 4 is 17.8 Å². The van der Waals surface area contributed by atoms with Gasteiger partial charge in [0.05, 0.1) is 7.11 Å². The van der Waals surface area contributed by atoms with Crippen LogP contribution in [0.25, 0.3) is 0 Å². The molecule has 2 unspecified atom stereocenters. The number of rotatable bonds is 4. The number of amides is 3. The van der Waals surface area contributed by atoms with E-state index in [0.717, 1.165) is 12.1 Å². The first-order valence-electron chi connectivity index (χ1n) is 7.78. The Kier molecular flexibility index (Phi) is 4.97. The Hall–Kier alpha value is -3.23. The zero-order chi connectivity index (χ0) is 18.7.